The summed E-state index contributed by atoms with van der Waals surface area (Å²) in [6, 6.07) is 64.3. The molecular formula is C48H35N. The summed E-state index contributed by atoms with van der Waals surface area (Å²) in [4.78, 5) is 2.44. The predicted molar refractivity (Wildman–Crippen MR) is 211 cm³/mol. The van der Waals surface area contributed by atoms with Crippen LogP contribution in [-0.4, -0.2) is 0 Å². The number of hydrogen-bond acceptors (Lipinski definition) is 1. The molecule has 9 aromatic carbocycles. The van der Waals surface area contributed by atoms with Crippen molar-refractivity contribution in [2.75, 3.05) is 4.90 Å². The Morgan fingerprint density at radius 3 is 1.55 bits per heavy atom. The summed E-state index contributed by atoms with van der Waals surface area (Å²) >= 11 is 0. The molecule has 0 aliphatic heterocycles. The van der Waals surface area contributed by atoms with E-state index in [2.05, 4.69) is 195 Å². The minimum atomic E-state index is 1.13. The zero-order valence-electron chi connectivity index (χ0n) is 27.7. The van der Waals surface area contributed by atoms with Gasteiger partial charge in [-0.25, -0.2) is 0 Å². The first-order chi connectivity index (χ1) is 24.1. The summed E-state index contributed by atoms with van der Waals surface area (Å²) in [6.45, 7) is 4.49. The predicted octanol–water partition coefficient (Wildman–Crippen LogP) is 13.7. The smallest absolute Gasteiger partial charge is 0.0497 e. The first kappa shape index (κ1) is 29.0. The van der Waals surface area contributed by atoms with E-state index in [0.29, 0.717) is 0 Å². The highest BCUT2D eigenvalue weighted by Gasteiger charge is 2.18. The average molecular weight is 626 g/mol. The molecule has 0 radical (unpaired) electrons. The molecule has 0 aromatic heterocycles. The standard InChI is InChI=1S/C48H35N/c1-32-29-46-40(22-20-38-12-6-8-14-44(38)46)31-47(32)49(43-28-33(2)48-41(30-43)23-21-39-13-7-9-15-45(39)48)42-26-24-37(25-27-42)36-18-16-35(17-19-36)34-10-4-3-5-11-34/h3-31H,1-2H3. The Morgan fingerprint density at radius 2 is 0.857 bits per heavy atom. The molecule has 0 heterocycles. The SMILES string of the molecule is Cc1cc2c(ccc3ccccc32)cc1N(c1ccc(-c2ccc(-c3ccccc3)cc2)cc1)c1cc(C)c2c(ccc3ccccc32)c1. The van der Waals surface area contributed by atoms with Gasteiger partial charge in [-0.05, 0) is 127 Å². The molecule has 0 N–H and O–H groups in total. The number of anilines is 3. The van der Waals surface area contributed by atoms with Crippen LogP contribution in [0.15, 0.2) is 176 Å². The molecule has 1 heteroatoms. The van der Waals surface area contributed by atoms with Crippen LogP contribution in [0.3, 0.4) is 0 Å². The van der Waals surface area contributed by atoms with Gasteiger partial charge in [-0.15, -0.1) is 0 Å². The lowest BCUT2D eigenvalue weighted by Crippen LogP contribution is -2.12. The number of rotatable bonds is 5. The van der Waals surface area contributed by atoms with E-state index >= 15 is 0 Å². The number of benzene rings is 9. The van der Waals surface area contributed by atoms with Gasteiger partial charge >= 0.3 is 0 Å². The van der Waals surface area contributed by atoms with Crippen LogP contribution < -0.4 is 4.90 Å². The first-order valence-electron chi connectivity index (χ1n) is 17.0. The molecule has 9 aromatic rings. The molecule has 232 valence electrons. The normalized spacial score (nSPS) is 11.5. The number of nitrogens with zero attached hydrogens (tertiary/aromatic N) is 1. The van der Waals surface area contributed by atoms with E-state index in [1.807, 2.05) is 0 Å². The Morgan fingerprint density at radius 1 is 0.327 bits per heavy atom. The number of hydrogen-bond donors (Lipinski definition) is 0. The second-order valence-corrected chi connectivity index (χ2v) is 13.1. The fraction of sp³-hybridized carbons (Fsp3) is 0.0417. The van der Waals surface area contributed by atoms with E-state index in [9.17, 15) is 0 Å². The summed E-state index contributed by atoms with van der Waals surface area (Å²) in [5.41, 5.74) is 10.8. The van der Waals surface area contributed by atoms with E-state index in [1.165, 1.54) is 82.2 Å². The van der Waals surface area contributed by atoms with Crippen molar-refractivity contribution in [3.63, 3.8) is 0 Å². The third-order valence-corrected chi connectivity index (χ3v) is 10.0. The summed E-state index contributed by atoms with van der Waals surface area (Å²) in [7, 11) is 0. The van der Waals surface area contributed by atoms with Gasteiger partial charge in [-0.1, -0.05) is 140 Å². The van der Waals surface area contributed by atoms with Crippen LogP contribution in [0.1, 0.15) is 11.1 Å². The lowest BCUT2D eigenvalue weighted by atomic mass is 9.96. The maximum Gasteiger partial charge on any atom is 0.0497 e. The monoisotopic (exact) mass is 625 g/mol. The average Bonchev–Trinajstić information content (AvgIpc) is 3.16. The maximum atomic E-state index is 2.44. The quantitative estimate of drug-likeness (QED) is 0.172. The zero-order chi connectivity index (χ0) is 32.9. The van der Waals surface area contributed by atoms with Gasteiger partial charge in [0.2, 0.25) is 0 Å². The van der Waals surface area contributed by atoms with Crippen molar-refractivity contribution in [2.45, 2.75) is 13.8 Å². The van der Waals surface area contributed by atoms with Crippen molar-refractivity contribution < 1.29 is 0 Å². The van der Waals surface area contributed by atoms with Crippen LogP contribution in [-0.2, 0) is 0 Å². The van der Waals surface area contributed by atoms with Gasteiger partial charge in [-0.3, -0.25) is 0 Å². The van der Waals surface area contributed by atoms with Crippen LogP contribution in [0.4, 0.5) is 17.1 Å². The zero-order valence-corrected chi connectivity index (χ0v) is 27.7. The van der Waals surface area contributed by atoms with Crippen molar-refractivity contribution in [3.8, 4) is 22.3 Å². The van der Waals surface area contributed by atoms with Crippen LogP contribution >= 0.6 is 0 Å². The van der Waals surface area contributed by atoms with Crippen LogP contribution in [0.5, 0.6) is 0 Å². The maximum absolute atomic E-state index is 2.44. The lowest BCUT2D eigenvalue weighted by molar-refractivity contribution is 1.26. The van der Waals surface area contributed by atoms with Gasteiger partial charge in [0.05, 0.1) is 0 Å². The molecule has 0 spiro atoms. The molecule has 0 aliphatic rings. The van der Waals surface area contributed by atoms with Crippen LogP contribution in [0.25, 0.3) is 65.3 Å². The van der Waals surface area contributed by atoms with Crippen molar-refractivity contribution >= 4 is 60.2 Å². The Kier molecular flexibility index (Phi) is 6.99. The molecule has 49 heavy (non-hydrogen) atoms. The van der Waals surface area contributed by atoms with Crippen molar-refractivity contribution in [1.82, 2.24) is 0 Å². The summed E-state index contributed by atoms with van der Waals surface area (Å²) < 4.78 is 0. The molecular weight excluding hydrogens is 591 g/mol. The molecule has 0 fully saturated rings. The second-order valence-electron chi connectivity index (χ2n) is 13.1. The fourth-order valence-corrected chi connectivity index (χ4v) is 7.58. The van der Waals surface area contributed by atoms with Gasteiger partial charge in [0.15, 0.2) is 0 Å². The Bertz CT molecular complexity index is 2650. The third-order valence-electron chi connectivity index (χ3n) is 10.0. The summed E-state index contributed by atoms with van der Waals surface area (Å²) in [5, 5.41) is 10.2. The van der Waals surface area contributed by atoms with Gasteiger partial charge in [-0.2, -0.15) is 0 Å². The summed E-state index contributed by atoms with van der Waals surface area (Å²) in [6.07, 6.45) is 0. The van der Waals surface area contributed by atoms with Crippen molar-refractivity contribution in [1.29, 1.82) is 0 Å². The van der Waals surface area contributed by atoms with E-state index in [0.717, 1.165) is 11.4 Å². The highest BCUT2D eigenvalue weighted by Crippen LogP contribution is 2.43. The summed E-state index contributed by atoms with van der Waals surface area (Å²) in [5.74, 6) is 0. The number of fused-ring (bicyclic) bond motifs is 6. The molecule has 0 amide bonds. The highest BCUT2D eigenvalue weighted by atomic mass is 15.1. The van der Waals surface area contributed by atoms with E-state index in [4.69, 9.17) is 0 Å². The minimum absolute atomic E-state index is 1.13. The van der Waals surface area contributed by atoms with Crippen LogP contribution in [0.2, 0.25) is 0 Å². The molecule has 9 rings (SSSR count). The second kappa shape index (κ2) is 11.8. The Labute approximate surface area is 287 Å². The largest absolute Gasteiger partial charge is 0.310 e. The highest BCUT2D eigenvalue weighted by molar-refractivity contribution is 6.11. The van der Waals surface area contributed by atoms with E-state index < -0.39 is 0 Å². The molecule has 0 bridgehead atoms. The number of aryl methyl sites for hydroxylation is 2. The molecule has 0 unspecified atom stereocenters. The van der Waals surface area contributed by atoms with Gasteiger partial charge < -0.3 is 4.90 Å². The van der Waals surface area contributed by atoms with Crippen molar-refractivity contribution in [3.05, 3.63) is 187 Å². The van der Waals surface area contributed by atoms with E-state index in [-0.39, 0.29) is 0 Å². The van der Waals surface area contributed by atoms with Gasteiger partial charge in [0.25, 0.3) is 0 Å². The topological polar surface area (TPSA) is 3.24 Å². The van der Waals surface area contributed by atoms with Gasteiger partial charge in [0, 0.05) is 17.1 Å². The Hall–Kier alpha value is -6.18. The fourth-order valence-electron chi connectivity index (χ4n) is 7.58. The van der Waals surface area contributed by atoms with E-state index in [1.54, 1.807) is 0 Å². The molecule has 0 aliphatic carbocycles. The van der Waals surface area contributed by atoms with Crippen molar-refractivity contribution in [2.24, 2.45) is 0 Å². The molecule has 0 atom stereocenters. The first-order valence-corrected chi connectivity index (χ1v) is 17.0. The third kappa shape index (κ3) is 5.12. The molecule has 0 saturated carbocycles. The minimum Gasteiger partial charge on any atom is -0.310 e. The van der Waals surface area contributed by atoms with Crippen LogP contribution in [0, 0.1) is 13.8 Å². The lowest BCUT2D eigenvalue weighted by Gasteiger charge is -2.29. The molecule has 0 saturated heterocycles. The van der Waals surface area contributed by atoms with Gasteiger partial charge in [0.1, 0.15) is 0 Å². The molecule has 1 nitrogen and oxygen atoms in total. The Balaban J connectivity index is 1.19.